The molecule has 1 unspecified atom stereocenters. The molecule has 1 aromatic carbocycles. The van der Waals surface area contributed by atoms with Crippen molar-refractivity contribution in [2.75, 3.05) is 6.26 Å². The number of nitrogens with zero attached hydrogens (tertiary/aromatic N) is 4. The van der Waals surface area contributed by atoms with Crippen molar-refractivity contribution in [2.45, 2.75) is 31.0 Å². The molecule has 3 aromatic rings. The van der Waals surface area contributed by atoms with Crippen LogP contribution in [0.15, 0.2) is 47.9 Å². The maximum atomic E-state index is 12.5. The first-order valence-electron chi connectivity index (χ1n) is 8.11. The van der Waals surface area contributed by atoms with Gasteiger partial charge < -0.3 is 4.74 Å². The smallest absolute Gasteiger partial charge is 0.352 e. The van der Waals surface area contributed by atoms with Gasteiger partial charge in [0.25, 0.3) is 0 Å². The van der Waals surface area contributed by atoms with E-state index in [2.05, 4.69) is 31.7 Å². The van der Waals surface area contributed by atoms with Crippen molar-refractivity contribution in [1.82, 2.24) is 19.6 Å². The summed E-state index contributed by atoms with van der Waals surface area (Å²) in [6.45, 7) is 1.89. The van der Waals surface area contributed by atoms with E-state index in [0.717, 1.165) is 24.4 Å². The Morgan fingerprint density at radius 3 is 2.65 bits per heavy atom. The van der Waals surface area contributed by atoms with Gasteiger partial charge in [0, 0.05) is 18.0 Å². The average molecular weight is 387 g/mol. The van der Waals surface area contributed by atoms with Crippen molar-refractivity contribution in [3.63, 3.8) is 0 Å². The zero-order chi connectivity index (χ0) is 18.4. The molecule has 0 saturated heterocycles. The Labute approximate surface area is 160 Å². The molecule has 0 aliphatic carbocycles. The maximum Gasteiger partial charge on any atom is 0.352 e. The standard InChI is InChI=1S/C18H18N4O2S2/c1-12(8-9-13-6-4-3-5-7-13)24-17(23)16-15(21-22-26-16)14-10-19-18(25-2)20-11-14/h3-7,10-12H,8-9H2,1-2H3. The fourth-order valence-electron chi connectivity index (χ4n) is 2.37. The van der Waals surface area contributed by atoms with E-state index < -0.39 is 5.97 Å². The van der Waals surface area contributed by atoms with Crippen LogP contribution in [-0.2, 0) is 11.2 Å². The molecule has 0 aliphatic heterocycles. The summed E-state index contributed by atoms with van der Waals surface area (Å²) in [5.74, 6) is -0.412. The molecule has 0 amide bonds. The van der Waals surface area contributed by atoms with Gasteiger partial charge in [0.1, 0.15) is 5.69 Å². The van der Waals surface area contributed by atoms with Gasteiger partial charge in [-0.2, -0.15) is 0 Å². The second kappa shape index (κ2) is 8.86. The first kappa shape index (κ1) is 18.5. The van der Waals surface area contributed by atoms with Gasteiger partial charge >= 0.3 is 5.97 Å². The molecule has 0 spiro atoms. The molecule has 0 fully saturated rings. The van der Waals surface area contributed by atoms with Crippen LogP contribution in [0.2, 0.25) is 0 Å². The summed E-state index contributed by atoms with van der Waals surface area (Å²) >= 11 is 2.47. The third-order valence-corrected chi connectivity index (χ3v) is 5.03. The lowest BCUT2D eigenvalue weighted by Gasteiger charge is -2.12. The average Bonchev–Trinajstić information content (AvgIpc) is 3.17. The van der Waals surface area contributed by atoms with Crippen LogP contribution in [0.5, 0.6) is 0 Å². The second-order valence-corrected chi connectivity index (χ2v) is 7.18. The predicted octanol–water partition coefficient (Wildman–Crippen LogP) is 3.90. The summed E-state index contributed by atoms with van der Waals surface area (Å²) in [6.07, 6.45) is 6.60. The van der Waals surface area contributed by atoms with Crippen LogP contribution in [0.3, 0.4) is 0 Å². The topological polar surface area (TPSA) is 77.9 Å². The van der Waals surface area contributed by atoms with Crippen LogP contribution >= 0.6 is 23.3 Å². The molecule has 1 atom stereocenters. The second-order valence-electron chi connectivity index (χ2n) is 5.65. The number of esters is 1. The molecule has 0 bridgehead atoms. The molecule has 26 heavy (non-hydrogen) atoms. The van der Waals surface area contributed by atoms with Crippen LogP contribution in [0.4, 0.5) is 0 Å². The van der Waals surface area contributed by atoms with E-state index in [-0.39, 0.29) is 6.10 Å². The fraction of sp³-hybridized carbons (Fsp3) is 0.278. The number of rotatable bonds is 7. The minimum Gasteiger partial charge on any atom is -0.458 e. The van der Waals surface area contributed by atoms with Gasteiger partial charge in [-0.3, -0.25) is 0 Å². The molecule has 8 heteroatoms. The Hall–Kier alpha value is -2.32. The largest absolute Gasteiger partial charge is 0.458 e. The van der Waals surface area contributed by atoms with Gasteiger partial charge in [0.05, 0.1) is 6.10 Å². The number of hydrogen-bond donors (Lipinski definition) is 0. The molecular formula is C18H18N4O2S2. The summed E-state index contributed by atoms with van der Waals surface area (Å²) in [5.41, 5.74) is 2.34. The molecule has 0 saturated carbocycles. The van der Waals surface area contributed by atoms with E-state index in [0.29, 0.717) is 21.3 Å². The van der Waals surface area contributed by atoms with Crippen LogP contribution in [-0.4, -0.2) is 37.9 Å². The van der Waals surface area contributed by atoms with E-state index in [1.165, 1.54) is 17.3 Å². The van der Waals surface area contributed by atoms with Gasteiger partial charge in [0.15, 0.2) is 10.0 Å². The summed E-state index contributed by atoms with van der Waals surface area (Å²) in [6, 6.07) is 10.1. The van der Waals surface area contributed by atoms with Crippen molar-refractivity contribution in [1.29, 1.82) is 0 Å². The number of carbonyl (C=O) groups is 1. The third-order valence-electron chi connectivity index (χ3n) is 3.75. The highest BCUT2D eigenvalue weighted by Gasteiger charge is 2.21. The van der Waals surface area contributed by atoms with E-state index in [1.807, 2.05) is 31.4 Å². The fourth-order valence-corrected chi connectivity index (χ4v) is 3.26. The Balaban J connectivity index is 1.64. The molecule has 2 aromatic heterocycles. The normalized spacial score (nSPS) is 11.9. The highest BCUT2D eigenvalue weighted by Crippen LogP contribution is 2.25. The number of hydrogen-bond acceptors (Lipinski definition) is 8. The minimum absolute atomic E-state index is 0.201. The molecule has 2 heterocycles. The lowest BCUT2D eigenvalue weighted by molar-refractivity contribution is 0.0332. The molecule has 0 N–H and O–H groups in total. The zero-order valence-corrected chi connectivity index (χ0v) is 16.1. The van der Waals surface area contributed by atoms with Crippen LogP contribution < -0.4 is 0 Å². The van der Waals surface area contributed by atoms with Gasteiger partial charge in [-0.25, -0.2) is 14.8 Å². The Morgan fingerprint density at radius 1 is 1.23 bits per heavy atom. The highest BCUT2D eigenvalue weighted by molar-refractivity contribution is 7.98. The van der Waals surface area contributed by atoms with E-state index in [4.69, 9.17) is 4.74 Å². The maximum absolute atomic E-state index is 12.5. The van der Waals surface area contributed by atoms with Gasteiger partial charge in [0.2, 0.25) is 0 Å². The monoisotopic (exact) mass is 386 g/mol. The molecule has 0 radical (unpaired) electrons. The van der Waals surface area contributed by atoms with Crippen molar-refractivity contribution in [2.24, 2.45) is 0 Å². The lowest BCUT2D eigenvalue weighted by atomic mass is 10.1. The molecule has 0 aliphatic rings. The lowest BCUT2D eigenvalue weighted by Crippen LogP contribution is -2.15. The number of ether oxygens (including phenoxy) is 1. The van der Waals surface area contributed by atoms with Crippen molar-refractivity contribution in [3.05, 3.63) is 53.2 Å². The highest BCUT2D eigenvalue weighted by atomic mass is 32.2. The quantitative estimate of drug-likeness (QED) is 0.346. The summed E-state index contributed by atoms with van der Waals surface area (Å²) < 4.78 is 9.46. The molecular weight excluding hydrogens is 368 g/mol. The Bertz CT molecular complexity index is 853. The first-order valence-corrected chi connectivity index (χ1v) is 10.1. The Kier molecular flexibility index (Phi) is 6.30. The SMILES string of the molecule is CSc1ncc(-c2nnsc2C(=O)OC(C)CCc2ccccc2)cn1. The number of aryl methyl sites for hydroxylation is 1. The number of benzene rings is 1. The molecule has 6 nitrogen and oxygen atoms in total. The van der Waals surface area contributed by atoms with Crippen LogP contribution in [0, 0.1) is 0 Å². The number of carbonyl (C=O) groups excluding carboxylic acids is 1. The van der Waals surface area contributed by atoms with E-state index in [9.17, 15) is 4.79 Å². The Morgan fingerprint density at radius 2 is 1.96 bits per heavy atom. The summed E-state index contributed by atoms with van der Waals surface area (Å²) in [7, 11) is 0. The summed E-state index contributed by atoms with van der Waals surface area (Å²) in [4.78, 5) is 21.3. The van der Waals surface area contributed by atoms with Crippen LogP contribution in [0.1, 0.15) is 28.6 Å². The van der Waals surface area contributed by atoms with E-state index >= 15 is 0 Å². The van der Waals surface area contributed by atoms with Crippen molar-refractivity contribution in [3.8, 4) is 11.3 Å². The van der Waals surface area contributed by atoms with Gasteiger partial charge in [-0.05, 0) is 43.1 Å². The molecule has 3 rings (SSSR count). The van der Waals surface area contributed by atoms with Crippen molar-refractivity contribution < 1.29 is 9.53 Å². The summed E-state index contributed by atoms with van der Waals surface area (Å²) in [5, 5.41) is 4.71. The zero-order valence-electron chi connectivity index (χ0n) is 14.5. The van der Waals surface area contributed by atoms with Gasteiger partial charge in [-0.1, -0.05) is 46.6 Å². The van der Waals surface area contributed by atoms with Gasteiger partial charge in [-0.15, -0.1) is 5.10 Å². The first-order chi connectivity index (χ1) is 12.7. The molecule has 134 valence electrons. The third kappa shape index (κ3) is 4.64. The van der Waals surface area contributed by atoms with Crippen LogP contribution in [0.25, 0.3) is 11.3 Å². The van der Waals surface area contributed by atoms with E-state index in [1.54, 1.807) is 12.4 Å². The minimum atomic E-state index is -0.412. The number of aromatic nitrogens is 4. The van der Waals surface area contributed by atoms with Crippen molar-refractivity contribution >= 4 is 29.3 Å². The number of thioether (sulfide) groups is 1. The predicted molar refractivity (Wildman–Crippen MR) is 102 cm³/mol.